The summed E-state index contributed by atoms with van der Waals surface area (Å²) in [7, 11) is 0. The molecule has 132 valence electrons. The second-order valence-corrected chi connectivity index (χ2v) is 5.78. The predicted molar refractivity (Wildman–Crippen MR) is 99.8 cm³/mol. The van der Waals surface area contributed by atoms with Gasteiger partial charge in [-0.1, -0.05) is 6.07 Å². The van der Waals surface area contributed by atoms with E-state index < -0.39 is 0 Å². The molecule has 6 nitrogen and oxygen atoms in total. The molecule has 1 unspecified atom stereocenters. The largest absolute Gasteiger partial charge is 0.489 e. The number of carbonyl (C=O) groups excluding carboxylic acids is 1. The first-order valence-corrected chi connectivity index (χ1v) is 8.30. The lowest BCUT2D eigenvalue weighted by molar-refractivity contribution is 0.249. The summed E-state index contributed by atoms with van der Waals surface area (Å²) < 4.78 is 5.70. The molecule has 0 saturated heterocycles. The van der Waals surface area contributed by atoms with Gasteiger partial charge in [0.1, 0.15) is 12.4 Å². The normalized spacial score (nSPS) is 11.4. The van der Waals surface area contributed by atoms with Crippen LogP contribution in [0.3, 0.4) is 0 Å². The van der Waals surface area contributed by atoms with Gasteiger partial charge in [0.25, 0.3) is 0 Å². The minimum Gasteiger partial charge on any atom is -0.489 e. The van der Waals surface area contributed by atoms with E-state index in [0.29, 0.717) is 12.3 Å². The van der Waals surface area contributed by atoms with Gasteiger partial charge in [-0.2, -0.15) is 0 Å². The van der Waals surface area contributed by atoms with Crippen LogP contribution < -0.4 is 15.4 Å². The zero-order valence-electron chi connectivity index (χ0n) is 14.4. The van der Waals surface area contributed by atoms with Crippen molar-refractivity contribution in [2.45, 2.75) is 19.6 Å². The Morgan fingerprint density at radius 2 is 1.81 bits per heavy atom. The minimum atomic E-state index is -0.265. The Hall–Kier alpha value is -3.41. The Labute approximate surface area is 152 Å². The third-order valence-electron chi connectivity index (χ3n) is 3.79. The topological polar surface area (TPSA) is 76.1 Å². The zero-order chi connectivity index (χ0) is 18.2. The molecule has 0 radical (unpaired) electrons. The number of nitrogens with zero attached hydrogens (tertiary/aromatic N) is 2. The van der Waals surface area contributed by atoms with Gasteiger partial charge in [-0.15, -0.1) is 0 Å². The van der Waals surface area contributed by atoms with Crippen LogP contribution in [0.1, 0.15) is 24.1 Å². The van der Waals surface area contributed by atoms with Crippen LogP contribution in [0.2, 0.25) is 0 Å². The number of anilines is 1. The molecule has 2 aromatic heterocycles. The van der Waals surface area contributed by atoms with Crippen LogP contribution in [0.15, 0.2) is 73.3 Å². The van der Waals surface area contributed by atoms with Gasteiger partial charge in [0.15, 0.2) is 0 Å². The van der Waals surface area contributed by atoms with Crippen LogP contribution in [0.5, 0.6) is 5.75 Å². The van der Waals surface area contributed by atoms with E-state index in [2.05, 4.69) is 20.6 Å². The summed E-state index contributed by atoms with van der Waals surface area (Å²) in [6.45, 7) is 2.37. The number of urea groups is 1. The van der Waals surface area contributed by atoms with Crippen molar-refractivity contribution in [3.8, 4) is 5.75 Å². The lowest BCUT2D eigenvalue weighted by Gasteiger charge is -2.15. The lowest BCUT2D eigenvalue weighted by atomic mass is 10.1. The van der Waals surface area contributed by atoms with Gasteiger partial charge in [-0.3, -0.25) is 9.97 Å². The molecule has 0 saturated carbocycles. The zero-order valence-corrected chi connectivity index (χ0v) is 14.4. The first-order valence-electron chi connectivity index (χ1n) is 8.30. The third-order valence-corrected chi connectivity index (χ3v) is 3.79. The molecule has 0 aliphatic heterocycles. The molecule has 6 heteroatoms. The molecule has 0 bridgehead atoms. The fraction of sp³-hybridized carbons (Fsp3) is 0.150. The average molecular weight is 348 g/mol. The summed E-state index contributed by atoms with van der Waals surface area (Å²) in [5, 5.41) is 5.70. The number of benzene rings is 1. The summed E-state index contributed by atoms with van der Waals surface area (Å²) in [4.78, 5) is 20.1. The highest BCUT2D eigenvalue weighted by Gasteiger charge is 2.09. The van der Waals surface area contributed by atoms with Gasteiger partial charge >= 0.3 is 6.03 Å². The molecule has 1 atom stereocenters. The van der Waals surface area contributed by atoms with Gasteiger partial charge < -0.3 is 15.4 Å². The Morgan fingerprint density at radius 3 is 2.50 bits per heavy atom. The van der Waals surface area contributed by atoms with Crippen molar-refractivity contribution in [2.24, 2.45) is 0 Å². The summed E-state index contributed by atoms with van der Waals surface area (Å²) in [6.07, 6.45) is 6.90. The highest BCUT2D eigenvalue weighted by Crippen LogP contribution is 2.17. The Balaban J connectivity index is 1.50. The van der Waals surface area contributed by atoms with Gasteiger partial charge in [0.2, 0.25) is 0 Å². The van der Waals surface area contributed by atoms with E-state index in [0.717, 1.165) is 16.9 Å². The van der Waals surface area contributed by atoms with E-state index in [1.54, 1.807) is 36.9 Å². The smallest absolute Gasteiger partial charge is 0.319 e. The van der Waals surface area contributed by atoms with Crippen LogP contribution in [0, 0.1) is 0 Å². The molecule has 0 aliphatic carbocycles. The van der Waals surface area contributed by atoms with E-state index in [4.69, 9.17) is 4.74 Å². The van der Waals surface area contributed by atoms with E-state index >= 15 is 0 Å². The number of ether oxygens (including phenoxy) is 1. The molecule has 0 spiro atoms. The number of nitrogens with one attached hydrogen (secondary N) is 2. The SMILES string of the molecule is CC(NC(=O)Nc1ccc(OCc2cccnc2)cc1)c1ccncc1. The maximum absolute atomic E-state index is 12.1. The van der Waals surface area contributed by atoms with E-state index in [1.165, 1.54) is 0 Å². The van der Waals surface area contributed by atoms with E-state index in [1.807, 2.05) is 43.3 Å². The second kappa shape index (κ2) is 8.62. The number of amides is 2. The van der Waals surface area contributed by atoms with E-state index in [-0.39, 0.29) is 12.1 Å². The molecular formula is C20H20N4O2. The molecular weight excluding hydrogens is 328 g/mol. The number of hydrogen-bond donors (Lipinski definition) is 2. The van der Waals surface area contributed by atoms with Gasteiger partial charge in [-0.25, -0.2) is 4.79 Å². The molecule has 2 N–H and O–H groups in total. The van der Waals surface area contributed by atoms with Crippen LogP contribution in [0.25, 0.3) is 0 Å². The maximum Gasteiger partial charge on any atom is 0.319 e. The van der Waals surface area contributed by atoms with Crippen molar-refractivity contribution in [1.82, 2.24) is 15.3 Å². The van der Waals surface area contributed by atoms with Crippen LogP contribution in [0.4, 0.5) is 10.5 Å². The molecule has 1 aromatic carbocycles. The van der Waals surface area contributed by atoms with Crippen LogP contribution in [-0.4, -0.2) is 16.0 Å². The first-order chi connectivity index (χ1) is 12.7. The Morgan fingerprint density at radius 1 is 1.04 bits per heavy atom. The molecule has 3 rings (SSSR count). The van der Waals surface area contributed by atoms with Crippen molar-refractivity contribution in [2.75, 3.05) is 5.32 Å². The van der Waals surface area contributed by atoms with Gasteiger partial charge in [0, 0.05) is 36.0 Å². The van der Waals surface area contributed by atoms with Crippen LogP contribution >= 0.6 is 0 Å². The molecule has 2 heterocycles. The maximum atomic E-state index is 12.1. The molecule has 26 heavy (non-hydrogen) atoms. The third kappa shape index (κ3) is 5.04. The predicted octanol–water partition coefficient (Wildman–Crippen LogP) is 3.94. The Bertz CT molecular complexity index is 823. The quantitative estimate of drug-likeness (QED) is 0.707. The molecule has 0 aliphatic rings. The number of aromatic nitrogens is 2. The standard InChI is InChI=1S/C20H20N4O2/c1-15(17-8-11-21-12-9-17)23-20(25)24-18-4-6-19(7-5-18)26-14-16-3-2-10-22-13-16/h2-13,15H,14H2,1H3,(H2,23,24,25). The van der Waals surface area contributed by atoms with Gasteiger partial charge in [0.05, 0.1) is 6.04 Å². The number of hydrogen-bond acceptors (Lipinski definition) is 4. The number of pyridine rings is 2. The number of rotatable bonds is 6. The highest BCUT2D eigenvalue weighted by atomic mass is 16.5. The fourth-order valence-electron chi connectivity index (χ4n) is 2.38. The Kier molecular flexibility index (Phi) is 5.77. The van der Waals surface area contributed by atoms with Gasteiger partial charge in [-0.05, 0) is 55.0 Å². The lowest BCUT2D eigenvalue weighted by Crippen LogP contribution is -2.31. The molecule has 0 fully saturated rings. The summed E-state index contributed by atoms with van der Waals surface area (Å²) in [5.74, 6) is 0.727. The van der Waals surface area contributed by atoms with Crippen molar-refractivity contribution in [1.29, 1.82) is 0 Å². The minimum absolute atomic E-state index is 0.111. The van der Waals surface area contributed by atoms with Crippen molar-refractivity contribution >= 4 is 11.7 Å². The monoisotopic (exact) mass is 348 g/mol. The van der Waals surface area contributed by atoms with E-state index in [9.17, 15) is 4.79 Å². The van der Waals surface area contributed by atoms with Crippen LogP contribution in [-0.2, 0) is 6.61 Å². The summed E-state index contributed by atoms with van der Waals surface area (Å²) in [6, 6.07) is 14.4. The molecule has 2 amide bonds. The number of carbonyl (C=O) groups is 1. The fourth-order valence-corrected chi connectivity index (χ4v) is 2.38. The van der Waals surface area contributed by atoms with Crippen molar-refractivity contribution < 1.29 is 9.53 Å². The average Bonchev–Trinajstić information content (AvgIpc) is 2.69. The second-order valence-electron chi connectivity index (χ2n) is 5.78. The van der Waals surface area contributed by atoms with Crippen molar-refractivity contribution in [3.63, 3.8) is 0 Å². The highest BCUT2D eigenvalue weighted by molar-refractivity contribution is 5.89. The molecule has 3 aromatic rings. The van der Waals surface area contributed by atoms with Crippen molar-refractivity contribution in [3.05, 3.63) is 84.4 Å². The first kappa shape index (κ1) is 17.4. The summed E-state index contributed by atoms with van der Waals surface area (Å²) >= 11 is 0. The summed E-state index contributed by atoms with van der Waals surface area (Å²) in [5.41, 5.74) is 2.69.